The summed E-state index contributed by atoms with van der Waals surface area (Å²) in [6.45, 7) is 0. The molecule has 0 unspecified atom stereocenters. The van der Waals surface area contributed by atoms with E-state index in [2.05, 4.69) is 0 Å². The molecule has 0 amide bonds. The van der Waals surface area contributed by atoms with Gasteiger partial charge in [0.05, 0.1) is 5.75 Å². The maximum atomic E-state index is 10.3. The summed E-state index contributed by atoms with van der Waals surface area (Å²) in [7, 11) is -0.150. The molecule has 0 bridgehead atoms. The fourth-order valence-electron chi connectivity index (χ4n) is 0.530. The van der Waals surface area contributed by atoms with Crippen LogP contribution in [0.3, 0.4) is 0 Å². The molecule has 0 saturated heterocycles. The second-order valence-corrected chi connectivity index (χ2v) is 5.95. The van der Waals surface area contributed by atoms with Crippen LogP contribution in [-0.2, 0) is 10.1 Å². The van der Waals surface area contributed by atoms with Crippen LogP contribution in [0, 0.1) is 0 Å². The van der Waals surface area contributed by atoms with E-state index in [4.69, 9.17) is 16.8 Å². The molecular formula is C7H17NO3S3. The minimum atomic E-state index is -3.81. The zero-order valence-electron chi connectivity index (χ0n) is 7.56. The first-order valence-corrected chi connectivity index (χ1v) is 6.62. The fourth-order valence-corrected chi connectivity index (χ4v) is 2.19. The first-order chi connectivity index (χ1) is 5.83. The average Bonchev–Trinajstić information content (AvgIpc) is 1.95. The number of hydrogen-bond acceptors (Lipinski definition) is 4. The zero-order valence-corrected chi connectivity index (χ0v) is 10.0. The van der Waals surface area contributed by atoms with Gasteiger partial charge in [0.2, 0.25) is 0 Å². The third-order valence-electron chi connectivity index (χ3n) is 1.14. The lowest BCUT2D eigenvalue weighted by atomic mass is 10.6. The Hall–Kier alpha value is 0.150. The SMILES string of the molecule is C.CN(C)C(=S)SCCCS(=O)(=O)O. The van der Waals surface area contributed by atoms with Gasteiger partial charge in [-0.25, -0.2) is 0 Å². The molecule has 0 aromatic heterocycles. The molecule has 0 heterocycles. The average molecular weight is 259 g/mol. The van der Waals surface area contributed by atoms with Crippen LogP contribution < -0.4 is 0 Å². The Bertz CT molecular complexity index is 261. The smallest absolute Gasteiger partial charge is 0.264 e. The highest BCUT2D eigenvalue weighted by Gasteiger charge is 2.05. The summed E-state index contributed by atoms with van der Waals surface area (Å²) in [4.78, 5) is 1.79. The number of nitrogens with zero attached hydrogens (tertiary/aromatic N) is 1. The van der Waals surface area contributed by atoms with Crippen molar-refractivity contribution in [3.8, 4) is 0 Å². The van der Waals surface area contributed by atoms with Crippen LogP contribution in [0.1, 0.15) is 13.8 Å². The first-order valence-electron chi connectivity index (χ1n) is 3.62. The van der Waals surface area contributed by atoms with E-state index in [1.54, 1.807) is 4.90 Å². The molecule has 7 heteroatoms. The third kappa shape index (κ3) is 10.2. The van der Waals surface area contributed by atoms with E-state index in [0.29, 0.717) is 12.2 Å². The van der Waals surface area contributed by atoms with E-state index in [0.717, 1.165) is 4.32 Å². The number of thioether (sulfide) groups is 1. The summed E-state index contributed by atoms with van der Waals surface area (Å²) in [5.74, 6) is 0.410. The van der Waals surface area contributed by atoms with E-state index in [-0.39, 0.29) is 13.2 Å². The Kier molecular flexibility index (Phi) is 8.81. The van der Waals surface area contributed by atoms with Crippen LogP contribution in [0.2, 0.25) is 0 Å². The van der Waals surface area contributed by atoms with E-state index in [9.17, 15) is 8.42 Å². The van der Waals surface area contributed by atoms with Crippen LogP contribution in [0.5, 0.6) is 0 Å². The highest BCUT2D eigenvalue weighted by Crippen LogP contribution is 2.08. The Morgan fingerprint density at radius 3 is 2.36 bits per heavy atom. The topological polar surface area (TPSA) is 57.6 Å². The molecule has 86 valence electrons. The molecule has 0 spiro atoms. The van der Waals surface area contributed by atoms with Crippen molar-refractivity contribution in [3.63, 3.8) is 0 Å². The van der Waals surface area contributed by atoms with Gasteiger partial charge in [-0.15, -0.1) is 0 Å². The zero-order chi connectivity index (χ0) is 10.5. The van der Waals surface area contributed by atoms with E-state index in [1.165, 1.54) is 11.8 Å². The third-order valence-corrected chi connectivity index (χ3v) is 3.77. The van der Waals surface area contributed by atoms with Gasteiger partial charge in [-0.3, -0.25) is 4.55 Å². The van der Waals surface area contributed by atoms with Crippen molar-refractivity contribution in [2.24, 2.45) is 0 Å². The van der Waals surface area contributed by atoms with Gasteiger partial charge in [0.15, 0.2) is 0 Å². The minimum Gasteiger partial charge on any atom is -0.364 e. The Morgan fingerprint density at radius 2 is 2.00 bits per heavy atom. The second kappa shape index (κ2) is 7.44. The van der Waals surface area contributed by atoms with Crippen LogP contribution >= 0.6 is 24.0 Å². The van der Waals surface area contributed by atoms with Gasteiger partial charge in [0.25, 0.3) is 10.1 Å². The highest BCUT2D eigenvalue weighted by atomic mass is 32.2. The van der Waals surface area contributed by atoms with Crippen molar-refractivity contribution in [1.82, 2.24) is 4.90 Å². The quantitative estimate of drug-likeness (QED) is 0.469. The van der Waals surface area contributed by atoms with E-state index < -0.39 is 10.1 Å². The molecule has 0 aliphatic carbocycles. The minimum absolute atomic E-state index is 0. The summed E-state index contributed by atoms with van der Waals surface area (Å²) in [5, 5.41) is 0. The van der Waals surface area contributed by atoms with Gasteiger partial charge in [-0.1, -0.05) is 31.4 Å². The highest BCUT2D eigenvalue weighted by molar-refractivity contribution is 8.22. The summed E-state index contributed by atoms with van der Waals surface area (Å²) in [5.41, 5.74) is 0. The normalized spacial score (nSPS) is 10.5. The predicted molar refractivity (Wildman–Crippen MR) is 66.5 cm³/mol. The largest absolute Gasteiger partial charge is 0.364 e. The molecule has 14 heavy (non-hydrogen) atoms. The first kappa shape index (κ1) is 16.6. The van der Waals surface area contributed by atoms with Crippen molar-refractivity contribution >= 4 is 38.4 Å². The molecule has 0 atom stereocenters. The fraction of sp³-hybridized carbons (Fsp3) is 0.857. The lowest BCUT2D eigenvalue weighted by Crippen LogP contribution is -2.16. The van der Waals surface area contributed by atoms with Crippen molar-refractivity contribution in [3.05, 3.63) is 0 Å². The maximum Gasteiger partial charge on any atom is 0.264 e. The van der Waals surface area contributed by atoms with Crippen molar-refractivity contribution in [1.29, 1.82) is 0 Å². The molecule has 0 aliphatic rings. The molecule has 0 aromatic rings. The second-order valence-electron chi connectivity index (χ2n) is 2.65. The van der Waals surface area contributed by atoms with Crippen molar-refractivity contribution in [2.75, 3.05) is 25.6 Å². The van der Waals surface area contributed by atoms with Crippen LogP contribution in [-0.4, -0.2) is 47.8 Å². The summed E-state index contributed by atoms with van der Waals surface area (Å²) in [6.07, 6.45) is 0.414. The van der Waals surface area contributed by atoms with Crippen molar-refractivity contribution < 1.29 is 13.0 Å². The number of hydrogen-bond donors (Lipinski definition) is 1. The van der Waals surface area contributed by atoms with Crippen LogP contribution in [0.15, 0.2) is 0 Å². The molecule has 0 radical (unpaired) electrons. The van der Waals surface area contributed by atoms with Gasteiger partial charge in [-0.05, 0) is 6.42 Å². The maximum absolute atomic E-state index is 10.3. The Morgan fingerprint density at radius 1 is 1.50 bits per heavy atom. The lowest BCUT2D eigenvalue weighted by Gasteiger charge is -2.11. The molecule has 0 rings (SSSR count). The van der Waals surface area contributed by atoms with E-state index in [1.807, 2.05) is 14.1 Å². The number of thiocarbonyl (C=S) groups is 1. The molecular weight excluding hydrogens is 242 g/mol. The van der Waals surface area contributed by atoms with Gasteiger partial charge in [0.1, 0.15) is 4.32 Å². The van der Waals surface area contributed by atoms with Crippen molar-refractivity contribution in [2.45, 2.75) is 13.8 Å². The molecule has 1 N–H and O–H groups in total. The summed E-state index contributed by atoms with van der Waals surface area (Å²) < 4.78 is 29.8. The monoisotopic (exact) mass is 259 g/mol. The van der Waals surface area contributed by atoms with Gasteiger partial charge < -0.3 is 4.90 Å². The van der Waals surface area contributed by atoms with Gasteiger partial charge in [0, 0.05) is 19.8 Å². The van der Waals surface area contributed by atoms with Crippen LogP contribution in [0.25, 0.3) is 0 Å². The standard InChI is InChI=1S/C6H13NO3S3.CH4/c1-7(2)6(11)12-4-3-5-13(8,9)10;/h3-5H2,1-2H3,(H,8,9,10);1H4. The molecule has 0 aromatic carbocycles. The summed E-state index contributed by atoms with van der Waals surface area (Å²) >= 11 is 6.37. The summed E-state index contributed by atoms with van der Waals surface area (Å²) in [6, 6.07) is 0. The predicted octanol–water partition coefficient (Wildman–Crippen LogP) is 1.48. The van der Waals surface area contributed by atoms with Gasteiger partial charge >= 0.3 is 0 Å². The lowest BCUT2D eigenvalue weighted by molar-refractivity contribution is 0.482. The molecule has 0 aliphatic heterocycles. The van der Waals surface area contributed by atoms with E-state index >= 15 is 0 Å². The Labute approximate surface area is 95.8 Å². The molecule has 0 saturated carbocycles. The molecule has 4 nitrogen and oxygen atoms in total. The number of rotatable bonds is 4. The molecule has 0 fully saturated rings. The Balaban J connectivity index is 0. The van der Waals surface area contributed by atoms with Crippen LogP contribution in [0.4, 0.5) is 0 Å². The van der Waals surface area contributed by atoms with Gasteiger partial charge in [-0.2, -0.15) is 8.42 Å².